The molecule has 0 aliphatic carbocycles. The van der Waals surface area contributed by atoms with Crippen LogP contribution in [0, 0.1) is 0 Å². The maximum atomic E-state index is 5.51. The number of hydrogen-bond donors (Lipinski definition) is 1. The Balaban J connectivity index is 2.18. The Kier molecular flexibility index (Phi) is 3.16. The van der Waals surface area contributed by atoms with Crippen LogP contribution in [0.25, 0.3) is 0 Å². The summed E-state index contributed by atoms with van der Waals surface area (Å²) in [6, 6.07) is 0.644. The molecule has 1 saturated heterocycles. The number of ether oxygens (including phenoxy) is 1. The fourth-order valence-electron chi connectivity index (χ4n) is 1.47. The average Bonchev–Trinajstić information content (AvgIpc) is 1.88. The van der Waals surface area contributed by atoms with Gasteiger partial charge in [0.2, 0.25) is 0 Å². The molecule has 1 rings (SSSR count). The van der Waals surface area contributed by atoms with Gasteiger partial charge in [0.15, 0.2) is 0 Å². The smallest absolute Gasteiger partial charge is 0.0601 e. The van der Waals surface area contributed by atoms with Crippen LogP contribution in [-0.2, 0) is 4.74 Å². The summed E-state index contributed by atoms with van der Waals surface area (Å²) in [7, 11) is 0. The molecule has 1 fully saturated rings. The largest absolute Gasteiger partial charge is 0.378 e. The third-order valence-corrected chi connectivity index (χ3v) is 1.98. The summed E-state index contributed by atoms with van der Waals surface area (Å²) in [5, 5.41) is 3.39. The quantitative estimate of drug-likeness (QED) is 0.626. The van der Waals surface area contributed by atoms with Gasteiger partial charge in [0.05, 0.1) is 6.10 Å². The first-order valence-corrected chi connectivity index (χ1v) is 4.18. The van der Waals surface area contributed by atoms with E-state index in [1.165, 1.54) is 12.8 Å². The molecular formula is C8H17NO. The Labute approximate surface area is 63.0 Å². The number of hydrogen-bond acceptors (Lipinski definition) is 2. The minimum absolute atomic E-state index is 0.515. The van der Waals surface area contributed by atoms with E-state index in [-0.39, 0.29) is 0 Å². The highest BCUT2D eigenvalue weighted by Crippen LogP contribution is 2.11. The van der Waals surface area contributed by atoms with E-state index in [4.69, 9.17) is 4.74 Å². The van der Waals surface area contributed by atoms with E-state index >= 15 is 0 Å². The van der Waals surface area contributed by atoms with Crippen molar-refractivity contribution in [2.45, 2.75) is 38.8 Å². The number of piperidine rings is 1. The second kappa shape index (κ2) is 3.94. The van der Waals surface area contributed by atoms with Gasteiger partial charge in [-0.15, -0.1) is 0 Å². The van der Waals surface area contributed by atoms with Crippen molar-refractivity contribution >= 4 is 0 Å². The van der Waals surface area contributed by atoms with E-state index in [1.54, 1.807) is 0 Å². The molecular weight excluding hydrogens is 126 g/mol. The average molecular weight is 143 g/mol. The van der Waals surface area contributed by atoms with Crippen molar-refractivity contribution in [2.75, 3.05) is 13.2 Å². The van der Waals surface area contributed by atoms with Crippen molar-refractivity contribution in [2.24, 2.45) is 0 Å². The van der Waals surface area contributed by atoms with Gasteiger partial charge >= 0.3 is 0 Å². The molecule has 10 heavy (non-hydrogen) atoms. The molecule has 1 aliphatic rings. The highest BCUT2D eigenvalue weighted by atomic mass is 16.5. The summed E-state index contributed by atoms with van der Waals surface area (Å²) in [6.07, 6.45) is 2.87. The third-order valence-electron chi connectivity index (χ3n) is 1.98. The van der Waals surface area contributed by atoms with Crippen LogP contribution in [0.2, 0.25) is 0 Å². The van der Waals surface area contributed by atoms with Crippen molar-refractivity contribution in [3.8, 4) is 0 Å². The Morgan fingerprint density at radius 1 is 1.60 bits per heavy atom. The van der Waals surface area contributed by atoms with Crippen LogP contribution in [0.3, 0.4) is 0 Å². The van der Waals surface area contributed by atoms with Gasteiger partial charge in [-0.2, -0.15) is 0 Å². The van der Waals surface area contributed by atoms with Crippen LogP contribution in [-0.4, -0.2) is 25.3 Å². The first-order valence-electron chi connectivity index (χ1n) is 4.18. The van der Waals surface area contributed by atoms with Gasteiger partial charge < -0.3 is 10.1 Å². The summed E-state index contributed by atoms with van der Waals surface area (Å²) in [5.74, 6) is 0. The monoisotopic (exact) mass is 143 g/mol. The van der Waals surface area contributed by atoms with Crippen molar-refractivity contribution in [1.82, 2.24) is 5.32 Å². The van der Waals surface area contributed by atoms with Crippen molar-refractivity contribution < 1.29 is 4.74 Å². The zero-order valence-electron chi connectivity index (χ0n) is 6.89. The van der Waals surface area contributed by atoms with Crippen molar-refractivity contribution in [1.29, 1.82) is 0 Å². The van der Waals surface area contributed by atoms with Crippen LogP contribution in [0.5, 0.6) is 0 Å². The lowest BCUT2D eigenvalue weighted by Gasteiger charge is -2.27. The van der Waals surface area contributed by atoms with E-state index in [0.29, 0.717) is 12.1 Å². The fraction of sp³-hybridized carbons (Fsp3) is 1.00. The Hall–Kier alpha value is -0.0800. The van der Waals surface area contributed by atoms with Gasteiger partial charge in [-0.25, -0.2) is 0 Å². The fourth-order valence-corrected chi connectivity index (χ4v) is 1.47. The predicted molar refractivity (Wildman–Crippen MR) is 42.1 cm³/mol. The molecule has 0 bridgehead atoms. The normalized spacial score (nSPS) is 34.2. The maximum Gasteiger partial charge on any atom is 0.0601 e. The third kappa shape index (κ3) is 2.27. The molecule has 0 spiro atoms. The van der Waals surface area contributed by atoms with E-state index in [9.17, 15) is 0 Å². The Morgan fingerprint density at radius 2 is 2.40 bits per heavy atom. The maximum absolute atomic E-state index is 5.51. The summed E-state index contributed by atoms with van der Waals surface area (Å²) in [6.45, 7) is 6.25. The van der Waals surface area contributed by atoms with Crippen LogP contribution < -0.4 is 5.32 Å². The van der Waals surface area contributed by atoms with E-state index in [2.05, 4.69) is 19.2 Å². The molecule has 0 radical (unpaired) electrons. The summed E-state index contributed by atoms with van der Waals surface area (Å²) < 4.78 is 5.51. The van der Waals surface area contributed by atoms with E-state index < -0.39 is 0 Å². The second-order valence-electron chi connectivity index (χ2n) is 2.96. The van der Waals surface area contributed by atoms with Gasteiger partial charge in [-0.1, -0.05) is 0 Å². The van der Waals surface area contributed by atoms with Crippen LogP contribution >= 0.6 is 0 Å². The molecule has 0 unspecified atom stereocenters. The van der Waals surface area contributed by atoms with E-state index in [1.807, 2.05) is 0 Å². The van der Waals surface area contributed by atoms with Crippen molar-refractivity contribution in [3.05, 3.63) is 0 Å². The molecule has 0 aromatic carbocycles. The SMILES string of the molecule is CCO[C@H]1CCN[C@@H](C)C1. The highest BCUT2D eigenvalue weighted by molar-refractivity contribution is 4.74. The Bertz CT molecular complexity index is 93.3. The topological polar surface area (TPSA) is 21.3 Å². The van der Waals surface area contributed by atoms with Gasteiger partial charge in [0, 0.05) is 12.6 Å². The predicted octanol–water partition coefficient (Wildman–Crippen LogP) is 1.16. The van der Waals surface area contributed by atoms with Crippen LogP contribution in [0.4, 0.5) is 0 Å². The van der Waals surface area contributed by atoms with Gasteiger partial charge in [0.25, 0.3) is 0 Å². The second-order valence-corrected chi connectivity index (χ2v) is 2.96. The molecule has 2 atom stereocenters. The van der Waals surface area contributed by atoms with Crippen LogP contribution in [0.15, 0.2) is 0 Å². The lowest BCUT2D eigenvalue weighted by atomic mass is 10.0. The Morgan fingerprint density at radius 3 is 3.00 bits per heavy atom. The summed E-state index contributed by atoms with van der Waals surface area (Å²) >= 11 is 0. The minimum atomic E-state index is 0.515. The molecule has 0 amide bonds. The summed E-state index contributed by atoms with van der Waals surface area (Å²) in [5.41, 5.74) is 0. The molecule has 0 saturated carbocycles. The van der Waals surface area contributed by atoms with E-state index in [0.717, 1.165) is 13.2 Å². The van der Waals surface area contributed by atoms with Gasteiger partial charge in [-0.3, -0.25) is 0 Å². The molecule has 1 N–H and O–H groups in total. The van der Waals surface area contributed by atoms with Crippen LogP contribution in [0.1, 0.15) is 26.7 Å². The molecule has 1 aliphatic heterocycles. The first-order chi connectivity index (χ1) is 4.83. The number of nitrogens with one attached hydrogen (secondary N) is 1. The molecule has 0 aromatic heterocycles. The minimum Gasteiger partial charge on any atom is -0.378 e. The summed E-state index contributed by atoms with van der Waals surface area (Å²) in [4.78, 5) is 0. The first kappa shape index (κ1) is 8.02. The standard InChI is InChI=1S/C8H17NO/c1-3-10-8-4-5-9-7(2)6-8/h7-9H,3-6H2,1-2H3/t7-,8-/m0/s1. The number of rotatable bonds is 2. The van der Waals surface area contributed by atoms with Gasteiger partial charge in [-0.05, 0) is 33.2 Å². The molecule has 2 heteroatoms. The molecule has 60 valence electrons. The molecule has 0 aromatic rings. The lowest BCUT2D eigenvalue weighted by Crippen LogP contribution is -2.39. The lowest BCUT2D eigenvalue weighted by molar-refractivity contribution is 0.0320. The zero-order valence-corrected chi connectivity index (χ0v) is 6.89. The van der Waals surface area contributed by atoms with Gasteiger partial charge in [0.1, 0.15) is 0 Å². The highest BCUT2D eigenvalue weighted by Gasteiger charge is 2.17. The zero-order chi connectivity index (χ0) is 7.40. The van der Waals surface area contributed by atoms with Crippen molar-refractivity contribution in [3.63, 3.8) is 0 Å². The molecule has 2 nitrogen and oxygen atoms in total. The molecule has 1 heterocycles.